The van der Waals surface area contributed by atoms with E-state index in [1.54, 1.807) is 19.2 Å². The van der Waals surface area contributed by atoms with Crippen molar-refractivity contribution in [3.05, 3.63) is 41.7 Å². The quantitative estimate of drug-likeness (QED) is 0.730. The fraction of sp³-hybridized carbons (Fsp3) is 0.571. The number of hydrogen-bond acceptors (Lipinski definition) is 7. The lowest BCUT2D eigenvalue weighted by molar-refractivity contribution is 0.0526. The first-order valence-corrected chi connectivity index (χ1v) is 9.92. The van der Waals surface area contributed by atoms with Crippen LogP contribution in [0.2, 0.25) is 0 Å². The Bertz CT molecular complexity index is 780. The van der Waals surface area contributed by atoms with Gasteiger partial charge in [0.25, 0.3) is 0 Å². The standard InChI is InChI=1S/C21H30N4O3/c1-5-27-20(26)16-7-8-18(22-13-16)25-10-6-9-24(11-12-25)15-19-23-14-17(28-19)21(2,3)4/h7-8,13-14H,5-6,9-12,15H2,1-4H3. The fourth-order valence-corrected chi connectivity index (χ4v) is 3.19. The molecule has 3 rings (SSSR count). The number of esters is 1. The number of oxazole rings is 1. The van der Waals surface area contributed by atoms with Crippen molar-refractivity contribution in [1.82, 2.24) is 14.9 Å². The van der Waals surface area contributed by atoms with Crippen molar-refractivity contribution in [3.8, 4) is 0 Å². The zero-order valence-corrected chi connectivity index (χ0v) is 17.3. The van der Waals surface area contributed by atoms with E-state index in [-0.39, 0.29) is 11.4 Å². The Labute approximate surface area is 166 Å². The third-order valence-electron chi connectivity index (χ3n) is 4.82. The summed E-state index contributed by atoms with van der Waals surface area (Å²) in [7, 11) is 0. The molecule has 152 valence electrons. The van der Waals surface area contributed by atoms with E-state index in [1.807, 2.05) is 12.3 Å². The van der Waals surface area contributed by atoms with Gasteiger partial charge in [-0.15, -0.1) is 0 Å². The van der Waals surface area contributed by atoms with Crippen molar-refractivity contribution in [2.75, 3.05) is 37.7 Å². The van der Waals surface area contributed by atoms with Crippen LogP contribution < -0.4 is 4.90 Å². The van der Waals surface area contributed by atoms with E-state index >= 15 is 0 Å². The molecule has 1 saturated heterocycles. The van der Waals surface area contributed by atoms with E-state index in [2.05, 4.69) is 40.5 Å². The summed E-state index contributed by atoms with van der Waals surface area (Å²) in [5, 5.41) is 0. The zero-order valence-electron chi connectivity index (χ0n) is 17.3. The first-order valence-electron chi connectivity index (χ1n) is 9.92. The molecular weight excluding hydrogens is 356 g/mol. The molecule has 7 nitrogen and oxygen atoms in total. The highest BCUT2D eigenvalue weighted by Gasteiger charge is 2.22. The van der Waals surface area contributed by atoms with Crippen molar-refractivity contribution in [1.29, 1.82) is 0 Å². The SMILES string of the molecule is CCOC(=O)c1ccc(N2CCCN(Cc3ncc(C(C)(C)C)o3)CC2)nc1. The van der Waals surface area contributed by atoms with Crippen LogP contribution in [0.5, 0.6) is 0 Å². The number of anilines is 1. The van der Waals surface area contributed by atoms with Crippen LogP contribution in [0.1, 0.15) is 56.1 Å². The normalized spacial score (nSPS) is 16.1. The van der Waals surface area contributed by atoms with Gasteiger partial charge in [-0.3, -0.25) is 4.90 Å². The fourth-order valence-electron chi connectivity index (χ4n) is 3.19. The first-order chi connectivity index (χ1) is 13.4. The van der Waals surface area contributed by atoms with Crippen molar-refractivity contribution < 1.29 is 13.9 Å². The lowest BCUT2D eigenvalue weighted by Gasteiger charge is -2.22. The molecule has 1 aliphatic rings. The summed E-state index contributed by atoms with van der Waals surface area (Å²) in [4.78, 5) is 25.3. The lowest BCUT2D eigenvalue weighted by atomic mass is 9.94. The summed E-state index contributed by atoms with van der Waals surface area (Å²) in [6, 6.07) is 3.68. The number of aromatic nitrogens is 2. The predicted octanol–water partition coefficient (Wildman–Crippen LogP) is 3.26. The second-order valence-electron chi connectivity index (χ2n) is 8.11. The lowest BCUT2D eigenvalue weighted by Crippen LogP contribution is -2.31. The summed E-state index contributed by atoms with van der Waals surface area (Å²) in [5.74, 6) is 2.25. The van der Waals surface area contributed by atoms with Crippen LogP contribution in [0.15, 0.2) is 28.9 Å². The monoisotopic (exact) mass is 386 g/mol. The van der Waals surface area contributed by atoms with Crippen LogP contribution in [0.3, 0.4) is 0 Å². The summed E-state index contributed by atoms with van der Waals surface area (Å²) in [5.41, 5.74) is 0.461. The number of carbonyl (C=O) groups excluding carboxylic acids is 1. The molecule has 0 saturated carbocycles. The molecule has 0 radical (unpaired) electrons. The Morgan fingerprint density at radius 2 is 1.96 bits per heavy atom. The molecule has 3 heterocycles. The van der Waals surface area contributed by atoms with Crippen molar-refractivity contribution >= 4 is 11.8 Å². The highest BCUT2D eigenvalue weighted by molar-refractivity contribution is 5.89. The summed E-state index contributed by atoms with van der Waals surface area (Å²) < 4.78 is 10.9. The molecule has 0 atom stereocenters. The Kier molecular flexibility index (Phi) is 6.34. The van der Waals surface area contributed by atoms with Gasteiger partial charge in [-0.05, 0) is 25.5 Å². The third-order valence-corrected chi connectivity index (χ3v) is 4.82. The number of nitrogens with zero attached hydrogens (tertiary/aromatic N) is 4. The molecule has 0 spiro atoms. The molecule has 1 aliphatic heterocycles. The van der Waals surface area contributed by atoms with Gasteiger partial charge in [0.1, 0.15) is 11.6 Å². The smallest absolute Gasteiger partial charge is 0.339 e. The number of rotatable bonds is 5. The Morgan fingerprint density at radius 1 is 1.14 bits per heavy atom. The van der Waals surface area contributed by atoms with E-state index in [4.69, 9.17) is 9.15 Å². The van der Waals surface area contributed by atoms with Crippen LogP contribution in [0.25, 0.3) is 0 Å². The minimum atomic E-state index is -0.329. The highest BCUT2D eigenvalue weighted by atomic mass is 16.5. The largest absolute Gasteiger partial charge is 0.462 e. The summed E-state index contributed by atoms with van der Waals surface area (Å²) in [6.45, 7) is 13.0. The maximum atomic E-state index is 11.8. The topological polar surface area (TPSA) is 71.7 Å². The van der Waals surface area contributed by atoms with Crippen LogP contribution in [0.4, 0.5) is 5.82 Å². The van der Waals surface area contributed by atoms with Gasteiger partial charge in [0.05, 0.1) is 24.9 Å². The average Bonchev–Trinajstić information content (AvgIpc) is 3.01. The van der Waals surface area contributed by atoms with Gasteiger partial charge in [0, 0.05) is 37.8 Å². The van der Waals surface area contributed by atoms with Gasteiger partial charge in [0.15, 0.2) is 0 Å². The Hall–Kier alpha value is -2.41. The maximum absolute atomic E-state index is 11.8. The molecule has 2 aromatic rings. The molecule has 0 bridgehead atoms. The van der Waals surface area contributed by atoms with Crippen molar-refractivity contribution in [2.45, 2.75) is 46.1 Å². The van der Waals surface area contributed by atoms with Crippen molar-refractivity contribution in [3.63, 3.8) is 0 Å². The van der Waals surface area contributed by atoms with Crippen LogP contribution in [-0.4, -0.2) is 53.6 Å². The van der Waals surface area contributed by atoms with Gasteiger partial charge < -0.3 is 14.1 Å². The third kappa shape index (κ3) is 5.10. The minimum Gasteiger partial charge on any atom is -0.462 e. The van der Waals surface area contributed by atoms with Crippen LogP contribution in [0, 0.1) is 0 Å². The number of pyridine rings is 1. The van der Waals surface area contributed by atoms with Gasteiger partial charge in [-0.2, -0.15) is 0 Å². The molecular formula is C21H30N4O3. The molecule has 1 fully saturated rings. The molecule has 0 N–H and O–H groups in total. The second-order valence-corrected chi connectivity index (χ2v) is 8.11. The number of ether oxygens (including phenoxy) is 1. The predicted molar refractivity (Wildman–Crippen MR) is 108 cm³/mol. The number of carbonyl (C=O) groups is 1. The van der Waals surface area contributed by atoms with Crippen LogP contribution in [-0.2, 0) is 16.7 Å². The van der Waals surface area contributed by atoms with E-state index in [9.17, 15) is 4.79 Å². The zero-order chi connectivity index (χ0) is 20.1. The molecule has 7 heteroatoms. The Morgan fingerprint density at radius 3 is 2.61 bits per heavy atom. The molecule has 2 aromatic heterocycles. The molecule has 0 aromatic carbocycles. The van der Waals surface area contributed by atoms with Crippen molar-refractivity contribution in [2.24, 2.45) is 0 Å². The molecule has 28 heavy (non-hydrogen) atoms. The maximum Gasteiger partial charge on any atom is 0.339 e. The van der Waals surface area contributed by atoms with E-state index in [1.165, 1.54) is 0 Å². The highest BCUT2D eigenvalue weighted by Crippen LogP contribution is 2.23. The first kappa shape index (κ1) is 20.3. The van der Waals surface area contributed by atoms with E-state index in [0.717, 1.165) is 56.6 Å². The van der Waals surface area contributed by atoms with Gasteiger partial charge in [-0.25, -0.2) is 14.8 Å². The Balaban J connectivity index is 1.57. The van der Waals surface area contributed by atoms with Gasteiger partial charge >= 0.3 is 5.97 Å². The second kappa shape index (κ2) is 8.73. The van der Waals surface area contributed by atoms with E-state index < -0.39 is 0 Å². The molecule has 0 unspecified atom stereocenters. The molecule has 0 aliphatic carbocycles. The van der Waals surface area contributed by atoms with E-state index in [0.29, 0.717) is 12.2 Å². The summed E-state index contributed by atoms with van der Waals surface area (Å²) >= 11 is 0. The number of hydrogen-bond donors (Lipinski definition) is 0. The van der Waals surface area contributed by atoms with Gasteiger partial charge in [0.2, 0.25) is 5.89 Å². The average molecular weight is 386 g/mol. The molecule has 0 amide bonds. The van der Waals surface area contributed by atoms with Gasteiger partial charge in [-0.1, -0.05) is 20.8 Å². The minimum absolute atomic E-state index is 0.0256. The van der Waals surface area contributed by atoms with Crippen LogP contribution >= 0.6 is 0 Å². The summed E-state index contributed by atoms with van der Waals surface area (Å²) in [6.07, 6.45) is 4.47.